The van der Waals surface area contributed by atoms with Gasteiger partial charge in [0.05, 0.1) is 11.4 Å². The fraction of sp³-hybridized carbons (Fsp3) is 1.00. The normalized spacial score (nSPS) is 16.5. The fourth-order valence-corrected chi connectivity index (χ4v) is 0.398. The summed E-state index contributed by atoms with van der Waals surface area (Å²) in [6.45, 7) is 0. The van der Waals surface area contributed by atoms with Crippen molar-refractivity contribution in [3.8, 4) is 0 Å². The smallest absolute Gasteiger partial charge is 0.484 e. The number of rotatable bonds is 2. The van der Waals surface area contributed by atoms with Crippen molar-refractivity contribution in [2.24, 2.45) is 0 Å². The summed E-state index contributed by atoms with van der Waals surface area (Å²) in [5, 5.41) is 0. The third kappa shape index (κ3) is 3.08. The topological polar surface area (TPSA) is 49.4 Å². The van der Waals surface area contributed by atoms with Crippen molar-refractivity contribution in [3.05, 3.63) is 0 Å². The Morgan fingerprint density at radius 1 is 1.18 bits per heavy atom. The summed E-state index contributed by atoms with van der Waals surface area (Å²) >= 11 is -3.90. The number of alkyl halides is 5. The van der Waals surface area contributed by atoms with Crippen molar-refractivity contribution in [1.29, 1.82) is 0 Å². The Morgan fingerprint density at radius 2 is 1.55 bits per heavy atom. The molecule has 0 rings (SSSR count). The first-order valence-corrected chi connectivity index (χ1v) is 2.90. The van der Waals surface area contributed by atoms with Crippen LogP contribution in [0.15, 0.2) is 0 Å². The second-order valence-electron chi connectivity index (χ2n) is 1.30. The molecule has 0 N–H and O–H groups in total. The molecule has 0 aliphatic rings. The van der Waals surface area contributed by atoms with Crippen LogP contribution in [0.5, 0.6) is 0 Å². The Labute approximate surface area is 59.6 Å². The minimum Gasteiger partial charge on any atom is -0.750 e. The lowest BCUT2D eigenvalue weighted by molar-refractivity contribution is -0.359. The molecule has 0 aromatic heterocycles. The molecule has 0 amide bonds. The van der Waals surface area contributed by atoms with Crippen LogP contribution in [0.3, 0.4) is 0 Å². The monoisotopic (exact) mass is 199 g/mol. The molecule has 0 spiro atoms. The first kappa shape index (κ1) is 10.7. The maximum Gasteiger partial charge on any atom is 0.484 e. The lowest BCUT2D eigenvalue weighted by Crippen LogP contribution is -2.39. The molecule has 9 heteroatoms. The number of hydrogen-bond acceptors (Lipinski definition) is 3. The molecule has 0 radical (unpaired) electrons. The third-order valence-corrected chi connectivity index (χ3v) is 0.848. The van der Waals surface area contributed by atoms with Gasteiger partial charge in [0.25, 0.3) is 0 Å². The van der Waals surface area contributed by atoms with E-state index >= 15 is 0 Å². The van der Waals surface area contributed by atoms with E-state index < -0.39 is 23.6 Å². The molecule has 0 aromatic rings. The van der Waals surface area contributed by atoms with Gasteiger partial charge in [0, 0.05) is 0 Å². The van der Waals surface area contributed by atoms with Gasteiger partial charge in [-0.15, -0.1) is 0 Å². The SMILES string of the molecule is O=S([O-])OC(F)(F)C(F)(F)F. The molecule has 0 fully saturated rings. The van der Waals surface area contributed by atoms with Crippen LogP contribution in [0, 0.1) is 0 Å². The Morgan fingerprint density at radius 3 is 1.64 bits per heavy atom. The Hall–Kier alpha value is -0.280. The molecule has 0 bridgehead atoms. The lowest BCUT2D eigenvalue weighted by atomic mass is 10.6. The van der Waals surface area contributed by atoms with Gasteiger partial charge in [0.15, 0.2) is 0 Å². The highest BCUT2D eigenvalue weighted by Crippen LogP contribution is 2.36. The summed E-state index contributed by atoms with van der Waals surface area (Å²) in [6.07, 6.45) is -11.7. The molecule has 0 heterocycles. The van der Waals surface area contributed by atoms with Crippen LogP contribution in [0.1, 0.15) is 0 Å². The van der Waals surface area contributed by atoms with Crippen LogP contribution in [0.4, 0.5) is 22.0 Å². The highest BCUT2D eigenvalue weighted by molar-refractivity contribution is 7.74. The van der Waals surface area contributed by atoms with Crippen LogP contribution in [0.25, 0.3) is 0 Å². The van der Waals surface area contributed by atoms with E-state index in [0.29, 0.717) is 0 Å². The third-order valence-electron chi connectivity index (χ3n) is 0.503. The van der Waals surface area contributed by atoms with Gasteiger partial charge in [-0.2, -0.15) is 22.0 Å². The summed E-state index contributed by atoms with van der Waals surface area (Å²) in [7, 11) is 0. The number of halogens is 5. The quantitative estimate of drug-likeness (QED) is 0.491. The van der Waals surface area contributed by atoms with Crippen molar-refractivity contribution >= 4 is 11.4 Å². The highest BCUT2D eigenvalue weighted by atomic mass is 32.2. The molecule has 0 aromatic carbocycles. The largest absolute Gasteiger partial charge is 0.750 e. The van der Waals surface area contributed by atoms with Crippen LogP contribution in [-0.4, -0.2) is 21.0 Å². The van der Waals surface area contributed by atoms with Crippen molar-refractivity contribution in [2.45, 2.75) is 12.3 Å². The Balaban J connectivity index is 4.34. The summed E-state index contributed by atoms with van der Waals surface area (Å²) in [5.74, 6) is 0. The van der Waals surface area contributed by atoms with Gasteiger partial charge in [-0.25, -0.2) is 8.39 Å². The van der Waals surface area contributed by atoms with Crippen molar-refractivity contribution in [3.63, 3.8) is 0 Å². The van der Waals surface area contributed by atoms with Crippen LogP contribution < -0.4 is 0 Å². The van der Waals surface area contributed by atoms with E-state index in [0.717, 1.165) is 0 Å². The molecule has 1 unspecified atom stereocenters. The number of hydrogen-bond donors (Lipinski definition) is 0. The van der Waals surface area contributed by atoms with E-state index in [1.807, 2.05) is 0 Å². The molecule has 1 atom stereocenters. The van der Waals surface area contributed by atoms with E-state index in [4.69, 9.17) is 0 Å². The molecule has 3 nitrogen and oxygen atoms in total. The van der Waals surface area contributed by atoms with Gasteiger partial charge in [-0.05, 0) is 0 Å². The maximum absolute atomic E-state index is 11.4. The molecule has 11 heavy (non-hydrogen) atoms. The second kappa shape index (κ2) is 2.99. The zero-order chi connectivity index (χ0) is 9.28. The minimum absolute atomic E-state index is 2.26. The van der Waals surface area contributed by atoms with Crippen molar-refractivity contribution < 1.29 is 34.9 Å². The summed E-state index contributed by atoms with van der Waals surface area (Å²) < 4.78 is 76.8. The predicted octanol–water partition coefficient (Wildman–Crippen LogP) is 0.952. The molecule has 0 aliphatic carbocycles. The molecular formula is C2F5O3S-. The first-order chi connectivity index (χ1) is 4.67. The average Bonchev–Trinajstić information content (AvgIpc) is 1.56. The molecule has 0 saturated heterocycles. The zero-order valence-corrected chi connectivity index (χ0v) is 5.34. The summed E-state index contributed by atoms with van der Waals surface area (Å²) in [5.41, 5.74) is 0. The van der Waals surface area contributed by atoms with Gasteiger partial charge in [-0.1, -0.05) is 0 Å². The van der Waals surface area contributed by atoms with E-state index in [9.17, 15) is 30.7 Å². The molecule has 0 aliphatic heterocycles. The highest BCUT2D eigenvalue weighted by Gasteiger charge is 2.60. The minimum atomic E-state index is -6.02. The summed E-state index contributed by atoms with van der Waals surface area (Å²) in [4.78, 5) is 0. The van der Waals surface area contributed by atoms with E-state index in [1.54, 1.807) is 0 Å². The standard InChI is InChI=1S/C2HF5O3S/c3-1(4,5)2(6,7)10-11(8)9/h(H,8,9)/p-1. The van der Waals surface area contributed by atoms with Gasteiger partial charge in [0.1, 0.15) is 0 Å². The van der Waals surface area contributed by atoms with Gasteiger partial charge >= 0.3 is 12.3 Å². The first-order valence-electron chi connectivity index (χ1n) is 1.90. The van der Waals surface area contributed by atoms with Gasteiger partial charge in [-0.3, -0.25) is 0 Å². The van der Waals surface area contributed by atoms with Gasteiger partial charge in [0.2, 0.25) is 0 Å². The van der Waals surface area contributed by atoms with Crippen LogP contribution >= 0.6 is 0 Å². The summed E-state index contributed by atoms with van der Waals surface area (Å²) in [6, 6.07) is 0. The van der Waals surface area contributed by atoms with Crippen molar-refractivity contribution in [2.75, 3.05) is 0 Å². The Bertz CT molecular complexity index is 164. The molecule has 0 saturated carbocycles. The molecule has 68 valence electrons. The van der Waals surface area contributed by atoms with Crippen LogP contribution in [0.2, 0.25) is 0 Å². The van der Waals surface area contributed by atoms with E-state index in [1.165, 1.54) is 0 Å². The zero-order valence-electron chi connectivity index (χ0n) is 4.52. The maximum atomic E-state index is 11.4. The van der Waals surface area contributed by atoms with E-state index in [-0.39, 0.29) is 0 Å². The van der Waals surface area contributed by atoms with Crippen molar-refractivity contribution in [1.82, 2.24) is 0 Å². The predicted molar refractivity (Wildman–Crippen MR) is 21.0 cm³/mol. The van der Waals surface area contributed by atoms with E-state index in [2.05, 4.69) is 4.18 Å². The average molecular weight is 199 g/mol. The Kier molecular flexibility index (Phi) is 2.91. The molecular weight excluding hydrogens is 199 g/mol. The second-order valence-corrected chi connectivity index (χ2v) is 1.88. The lowest BCUT2D eigenvalue weighted by Gasteiger charge is -2.19. The fourth-order valence-electron chi connectivity index (χ4n) is 0.133. The van der Waals surface area contributed by atoms with Gasteiger partial charge < -0.3 is 4.55 Å². The van der Waals surface area contributed by atoms with Crippen LogP contribution in [-0.2, 0) is 15.5 Å².